The van der Waals surface area contributed by atoms with E-state index in [0.717, 1.165) is 6.26 Å². The van der Waals surface area contributed by atoms with Gasteiger partial charge in [0.05, 0.1) is 17.5 Å². The highest BCUT2D eigenvalue weighted by Gasteiger charge is 2.13. The molecular formula is C19H16FNO5S. The van der Waals surface area contributed by atoms with Crippen molar-refractivity contribution in [2.24, 2.45) is 0 Å². The molecule has 0 amide bonds. The number of carbonyl (C=O) groups excluding carboxylic acids is 1. The minimum atomic E-state index is -3.20. The average molecular weight is 389 g/mol. The van der Waals surface area contributed by atoms with Crippen molar-refractivity contribution < 1.29 is 26.8 Å². The number of halogens is 1. The Morgan fingerprint density at radius 3 is 2.63 bits per heavy atom. The summed E-state index contributed by atoms with van der Waals surface area (Å²) >= 11 is 0. The zero-order chi connectivity index (χ0) is 19.4. The first-order valence-corrected chi connectivity index (χ1v) is 10.0. The molecule has 0 aliphatic rings. The summed E-state index contributed by atoms with van der Waals surface area (Å²) in [7, 11) is -3.20. The molecule has 0 saturated heterocycles. The highest BCUT2D eigenvalue weighted by molar-refractivity contribution is 7.89. The largest absolute Gasteiger partial charge is 0.452 e. The molecule has 0 bridgehead atoms. The maximum atomic E-state index is 13.0. The van der Waals surface area contributed by atoms with Gasteiger partial charge in [-0.2, -0.15) is 0 Å². The summed E-state index contributed by atoms with van der Waals surface area (Å²) in [6, 6.07) is 12.0. The number of nitrogens with zero attached hydrogens (tertiary/aromatic N) is 1. The Bertz CT molecular complexity index is 1060. The maximum absolute atomic E-state index is 13.0. The van der Waals surface area contributed by atoms with E-state index in [1.165, 1.54) is 30.5 Å². The summed E-state index contributed by atoms with van der Waals surface area (Å²) in [5, 5.41) is 0. The fraction of sp³-hybridized carbons (Fsp3) is 0.158. The zero-order valence-electron chi connectivity index (χ0n) is 14.4. The van der Waals surface area contributed by atoms with Gasteiger partial charge in [-0.3, -0.25) is 0 Å². The van der Waals surface area contributed by atoms with Gasteiger partial charge in [-0.15, -0.1) is 0 Å². The lowest BCUT2D eigenvalue weighted by molar-refractivity contribution is 0.0439. The first-order valence-electron chi connectivity index (χ1n) is 7.94. The highest BCUT2D eigenvalue weighted by atomic mass is 32.2. The third-order valence-electron chi connectivity index (χ3n) is 3.60. The highest BCUT2D eigenvalue weighted by Crippen LogP contribution is 2.21. The summed E-state index contributed by atoms with van der Waals surface area (Å²) in [4.78, 5) is 16.2. The van der Waals surface area contributed by atoms with Gasteiger partial charge in [0.15, 0.2) is 22.2 Å². The van der Waals surface area contributed by atoms with Gasteiger partial charge in [-0.1, -0.05) is 12.1 Å². The molecule has 3 aromatic rings. The molecule has 0 atom stereocenters. The third-order valence-corrected chi connectivity index (χ3v) is 4.46. The van der Waals surface area contributed by atoms with Crippen molar-refractivity contribution in [1.82, 2.24) is 4.98 Å². The molecule has 0 unspecified atom stereocenters. The molecule has 0 aliphatic heterocycles. The van der Waals surface area contributed by atoms with Crippen molar-refractivity contribution in [2.45, 2.75) is 12.4 Å². The molecule has 0 saturated carbocycles. The molecular weight excluding hydrogens is 373 g/mol. The van der Waals surface area contributed by atoms with Crippen molar-refractivity contribution in [2.75, 3.05) is 6.26 Å². The lowest BCUT2D eigenvalue weighted by Gasteiger charge is -2.05. The predicted molar refractivity (Wildman–Crippen MR) is 96.0 cm³/mol. The van der Waals surface area contributed by atoms with Gasteiger partial charge in [-0.25, -0.2) is 22.6 Å². The van der Waals surface area contributed by atoms with Gasteiger partial charge >= 0.3 is 5.97 Å². The molecule has 0 N–H and O–H groups in total. The molecule has 140 valence electrons. The number of carbonyl (C=O) groups is 1. The first-order chi connectivity index (χ1) is 12.8. The number of aromatic nitrogens is 1. The van der Waals surface area contributed by atoms with E-state index < -0.39 is 15.8 Å². The number of hydrogen-bond acceptors (Lipinski definition) is 6. The van der Waals surface area contributed by atoms with Crippen molar-refractivity contribution in [3.8, 4) is 11.3 Å². The summed E-state index contributed by atoms with van der Waals surface area (Å²) in [5.41, 5.74) is 1.39. The molecule has 6 nitrogen and oxygen atoms in total. The van der Waals surface area contributed by atoms with Crippen LogP contribution in [-0.4, -0.2) is 25.6 Å². The van der Waals surface area contributed by atoms with E-state index in [1.807, 2.05) is 0 Å². The predicted octanol–water partition coefficient (Wildman–Crippen LogP) is 3.38. The van der Waals surface area contributed by atoms with Gasteiger partial charge in [0.25, 0.3) is 0 Å². The Kier molecular flexibility index (Phi) is 5.36. The molecule has 3 rings (SSSR count). The number of rotatable bonds is 6. The standard InChI is InChI=1S/C19H16FNO5S/c1-27(23,24)12-13-3-2-4-15(9-13)19(22)25-11-18-21-10-17(26-18)14-5-7-16(20)8-6-14/h2-10H,11-12H2,1H3. The summed E-state index contributed by atoms with van der Waals surface area (Å²) in [5.74, 6) is -0.516. The van der Waals surface area contributed by atoms with Crippen LogP contribution in [0.5, 0.6) is 0 Å². The number of esters is 1. The number of oxazole rings is 1. The van der Waals surface area contributed by atoms with E-state index in [-0.39, 0.29) is 29.6 Å². The topological polar surface area (TPSA) is 86.5 Å². The monoisotopic (exact) mass is 389 g/mol. The van der Waals surface area contributed by atoms with E-state index in [2.05, 4.69) is 4.98 Å². The molecule has 2 aromatic carbocycles. The third kappa shape index (κ3) is 5.24. The van der Waals surface area contributed by atoms with Crippen LogP contribution in [0.2, 0.25) is 0 Å². The second-order valence-corrected chi connectivity index (χ2v) is 8.11. The van der Waals surface area contributed by atoms with Gasteiger partial charge in [0.2, 0.25) is 5.89 Å². The van der Waals surface area contributed by atoms with Crippen molar-refractivity contribution in [3.05, 3.63) is 77.6 Å². The Morgan fingerprint density at radius 1 is 1.19 bits per heavy atom. The van der Waals surface area contributed by atoms with Crippen molar-refractivity contribution in [3.63, 3.8) is 0 Å². The van der Waals surface area contributed by atoms with Crippen LogP contribution in [0.4, 0.5) is 4.39 Å². The second-order valence-electron chi connectivity index (χ2n) is 5.97. The van der Waals surface area contributed by atoms with Crippen LogP contribution >= 0.6 is 0 Å². The van der Waals surface area contributed by atoms with Gasteiger partial charge in [0, 0.05) is 11.8 Å². The van der Waals surface area contributed by atoms with Gasteiger partial charge < -0.3 is 9.15 Å². The van der Waals surface area contributed by atoms with E-state index in [1.54, 1.807) is 24.3 Å². The molecule has 8 heteroatoms. The number of sulfone groups is 1. The van der Waals surface area contributed by atoms with Crippen LogP contribution in [-0.2, 0) is 26.9 Å². The summed E-state index contributed by atoms with van der Waals surface area (Å²) < 4.78 is 46.4. The SMILES string of the molecule is CS(=O)(=O)Cc1cccc(C(=O)OCc2ncc(-c3ccc(F)cc3)o2)c1. The molecule has 0 spiro atoms. The molecule has 0 radical (unpaired) electrons. The fourth-order valence-electron chi connectivity index (χ4n) is 2.43. The number of hydrogen-bond donors (Lipinski definition) is 0. The Balaban J connectivity index is 1.64. The average Bonchev–Trinajstić information content (AvgIpc) is 3.08. The van der Waals surface area contributed by atoms with Crippen LogP contribution in [0.1, 0.15) is 21.8 Å². The summed E-state index contributed by atoms with van der Waals surface area (Å²) in [6.07, 6.45) is 2.59. The van der Waals surface area contributed by atoms with Crippen LogP contribution in [0, 0.1) is 5.82 Å². The fourth-order valence-corrected chi connectivity index (χ4v) is 3.21. The van der Waals surface area contributed by atoms with Gasteiger partial charge in [-0.05, 0) is 42.0 Å². The minimum Gasteiger partial charge on any atom is -0.452 e. The van der Waals surface area contributed by atoms with Crippen LogP contribution in [0.3, 0.4) is 0 Å². The Labute approximate surface area is 155 Å². The second kappa shape index (κ2) is 7.71. The smallest absolute Gasteiger partial charge is 0.338 e. The van der Waals surface area contributed by atoms with Crippen molar-refractivity contribution in [1.29, 1.82) is 0 Å². The molecule has 1 heterocycles. The lowest BCUT2D eigenvalue weighted by Crippen LogP contribution is -2.07. The Morgan fingerprint density at radius 2 is 1.93 bits per heavy atom. The van der Waals surface area contributed by atoms with E-state index in [0.29, 0.717) is 16.9 Å². The van der Waals surface area contributed by atoms with Crippen LogP contribution in [0.15, 0.2) is 59.1 Å². The number of benzene rings is 2. The lowest BCUT2D eigenvalue weighted by atomic mass is 10.1. The first kappa shape index (κ1) is 18.8. The maximum Gasteiger partial charge on any atom is 0.338 e. The molecule has 0 aliphatic carbocycles. The molecule has 27 heavy (non-hydrogen) atoms. The molecule has 0 fully saturated rings. The van der Waals surface area contributed by atoms with E-state index >= 15 is 0 Å². The summed E-state index contributed by atoms with van der Waals surface area (Å²) in [6.45, 7) is -0.184. The molecule has 1 aromatic heterocycles. The van der Waals surface area contributed by atoms with Crippen LogP contribution in [0.25, 0.3) is 11.3 Å². The van der Waals surface area contributed by atoms with Crippen LogP contribution < -0.4 is 0 Å². The van der Waals surface area contributed by atoms with Crippen molar-refractivity contribution >= 4 is 15.8 Å². The van der Waals surface area contributed by atoms with E-state index in [4.69, 9.17) is 9.15 Å². The normalized spacial score (nSPS) is 11.3. The van der Waals surface area contributed by atoms with E-state index in [9.17, 15) is 17.6 Å². The number of ether oxygens (including phenoxy) is 1. The zero-order valence-corrected chi connectivity index (χ0v) is 15.2. The quantitative estimate of drug-likeness (QED) is 0.601. The minimum absolute atomic E-state index is 0.158. The Hall–Kier alpha value is -3.00. The van der Waals surface area contributed by atoms with Gasteiger partial charge in [0.1, 0.15) is 5.82 Å².